The summed E-state index contributed by atoms with van der Waals surface area (Å²) in [4.78, 5) is 26.8. The zero-order valence-electron chi connectivity index (χ0n) is 18.8. The van der Waals surface area contributed by atoms with Crippen LogP contribution >= 0.6 is 0 Å². The summed E-state index contributed by atoms with van der Waals surface area (Å²) >= 11 is 0. The molecule has 0 aliphatic rings. The summed E-state index contributed by atoms with van der Waals surface area (Å²) in [5.74, 6) is 0.244. The number of fused-ring (bicyclic) bond motifs is 1. The number of hydrogen-bond acceptors (Lipinski definition) is 7. The van der Waals surface area contributed by atoms with Gasteiger partial charge in [0.15, 0.2) is 0 Å². The topological polar surface area (TPSA) is 118 Å². The number of hydrogen-bond donors (Lipinski definition) is 3. The first kappa shape index (κ1) is 22.9. The normalized spacial score (nSPS) is 11.7. The van der Waals surface area contributed by atoms with E-state index in [1.54, 1.807) is 48.5 Å². The van der Waals surface area contributed by atoms with Crippen LogP contribution in [-0.4, -0.2) is 31.2 Å². The number of aromatic hydroxyl groups is 1. The number of amides is 1. The van der Waals surface area contributed by atoms with E-state index in [0.29, 0.717) is 29.1 Å². The van der Waals surface area contributed by atoms with E-state index < -0.39 is 11.7 Å². The van der Waals surface area contributed by atoms with Crippen molar-refractivity contribution in [2.75, 3.05) is 24.4 Å². The molecule has 0 aliphatic heterocycles. The van der Waals surface area contributed by atoms with Gasteiger partial charge in [-0.25, -0.2) is 4.79 Å². The van der Waals surface area contributed by atoms with Crippen LogP contribution in [0.4, 0.5) is 17.1 Å². The Morgan fingerprint density at radius 1 is 1.12 bits per heavy atom. The number of carbonyl (C=O) groups is 1. The van der Waals surface area contributed by atoms with E-state index in [9.17, 15) is 14.7 Å². The molecule has 4 N–H and O–H groups in total. The van der Waals surface area contributed by atoms with Gasteiger partial charge in [0.1, 0.15) is 17.1 Å². The summed E-state index contributed by atoms with van der Waals surface area (Å²) in [5, 5.41) is 13.1. The number of para-hydroxylation sites is 1. The largest absolute Gasteiger partial charge is 0.508 e. The van der Waals surface area contributed by atoms with E-state index in [1.807, 2.05) is 30.1 Å². The van der Waals surface area contributed by atoms with Gasteiger partial charge in [0.2, 0.25) is 5.91 Å². The highest BCUT2D eigenvalue weighted by molar-refractivity contribution is 5.97. The van der Waals surface area contributed by atoms with Crippen molar-refractivity contribution >= 4 is 33.9 Å². The van der Waals surface area contributed by atoms with Crippen LogP contribution in [0, 0.1) is 0 Å². The lowest BCUT2D eigenvalue weighted by molar-refractivity contribution is -0.117. The highest BCUT2D eigenvalue weighted by Crippen LogP contribution is 2.34. The van der Waals surface area contributed by atoms with Gasteiger partial charge in [0, 0.05) is 24.2 Å². The Morgan fingerprint density at radius 2 is 1.85 bits per heavy atom. The van der Waals surface area contributed by atoms with Crippen LogP contribution in [0.25, 0.3) is 11.0 Å². The number of anilines is 3. The fourth-order valence-electron chi connectivity index (χ4n) is 3.72. The monoisotopic (exact) mass is 459 g/mol. The third-order valence-electron chi connectivity index (χ3n) is 5.55. The molecular formula is C26H25N3O5. The first-order chi connectivity index (χ1) is 16.4. The number of benzene rings is 3. The molecule has 34 heavy (non-hydrogen) atoms. The molecular weight excluding hydrogens is 434 g/mol. The molecule has 0 saturated carbocycles. The highest BCUT2D eigenvalue weighted by Gasteiger charge is 2.18. The van der Waals surface area contributed by atoms with Gasteiger partial charge in [-0.05, 0) is 54.4 Å². The molecule has 0 aliphatic carbocycles. The summed E-state index contributed by atoms with van der Waals surface area (Å²) in [6.45, 7) is 0. The van der Waals surface area contributed by atoms with Gasteiger partial charge < -0.3 is 30.2 Å². The van der Waals surface area contributed by atoms with Crippen LogP contribution in [0.2, 0.25) is 0 Å². The predicted octanol–water partition coefficient (Wildman–Crippen LogP) is 3.78. The van der Waals surface area contributed by atoms with Crippen molar-refractivity contribution in [3.63, 3.8) is 0 Å². The van der Waals surface area contributed by atoms with Gasteiger partial charge in [-0.15, -0.1) is 0 Å². The molecule has 4 rings (SSSR count). The summed E-state index contributed by atoms with van der Waals surface area (Å²) in [6, 6.07) is 19.8. The summed E-state index contributed by atoms with van der Waals surface area (Å²) in [6.07, 6.45) is 0.305. The van der Waals surface area contributed by atoms with E-state index in [2.05, 4.69) is 5.32 Å². The van der Waals surface area contributed by atoms with E-state index in [0.717, 1.165) is 16.6 Å². The second-order valence-corrected chi connectivity index (χ2v) is 7.86. The Bertz CT molecular complexity index is 1380. The third kappa shape index (κ3) is 4.87. The van der Waals surface area contributed by atoms with Gasteiger partial charge in [0.25, 0.3) is 0 Å². The third-order valence-corrected chi connectivity index (χ3v) is 5.55. The molecule has 0 unspecified atom stereocenters. The number of ether oxygens (including phenoxy) is 1. The summed E-state index contributed by atoms with van der Waals surface area (Å²) in [7, 11) is 3.34. The molecule has 1 heterocycles. The number of carbonyl (C=O) groups excluding carboxylic acids is 1. The van der Waals surface area contributed by atoms with Crippen LogP contribution in [0.5, 0.6) is 11.5 Å². The van der Waals surface area contributed by atoms with E-state index in [1.165, 1.54) is 13.2 Å². The zero-order valence-corrected chi connectivity index (χ0v) is 18.8. The van der Waals surface area contributed by atoms with Crippen molar-refractivity contribution in [3.8, 4) is 11.5 Å². The van der Waals surface area contributed by atoms with Crippen molar-refractivity contribution < 1.29 is 19.1 Å². The molecule has 1 atom stereocenters. The minimum absolute atomic E-state index is 0.149. The number of phenolic OH excluding ortho intramolecular Hbond substituents is 1. The molecule has 0 bridgehead atoms. The minimum atomic E-state index is -0.807. The Kier molecular flexibility index (Phi) is 6.51. The van der Waals surface area contributed by atoms with Gasteiger partial charge in [-0.3, -0.25) is 4.79 Å². The van der Waals surface area contributed by atoms with Crippen molar-refractivity contribution in [1.82, 2.24) is 0 Å². The van der Waals surface area contributed by atoms with Crippen molar-refractivity contribution in [2.45, 2.75) is 12.5 Å². The van der Waals surface area contributed by atoms with Crippen LogP contribution in [-0.2, 0) is 11.2 Å². The standard InChI is InChI=1S/C26H25N3O5/c1-29(22-15-25(31)34-23-6-4-3-5-19(22)23)17-9-12-24(33-2)21(14-17)28-26(32)20(27)13-16-7-10-18(30)11-8-16/h3-12,14-15,20,30H,13,27H2,1-2H3,(H,28,32)/t20-/m0/s1. The van der Waals surface area contributed by atoms with Crippen molar-refractivity contribution in [3.05, 3.63) is 88.8 Å². The lowest BCUT2D eigenvalue weighted by atomic mass is 10.1. The molecule has 0 spiro atoms. The van der Waals surface area contributed by atoms with Gasteiger partial charge in [-0.1, -0.05) is 24.3 Å². The Morgan fingerprint density at radius 3 is 2.59 bits per heavy atom. The van der Waals surface area contributed by atoms with E-state index in [4.69, 9.17) is 14.9 Å². The quantitative estimate of drug-likeness (QED) is 0.360. The van der Waals surface area contributed by atoms with Crippen LogP contribution in [0.1, 0.15) is 5.56 Å². The molecule has 4 aromatic rings. The average Bonchev–Trinajstić information content (AvgIpc) is 2.84. The average molecular weight is 460 g/mol. The molecule has 3 aromatic carbocycles. The minimum Gasteiger partial charge on any atom is -0.508 e. The van der Waals surface area contributed by atoms with Crippen LogP contribution < -0.4 is 26.3 Å². The van der Waals surface area contributed by atoms with Crippen molar-refractivity contribution in [2.24, 2.45) is 5.73 Å². The number of nitrogens with zero attached hydrogens (tertiary/aromatic N) is 1. The molecule has 8 nitrogen and oxygen atoms in total. The fourth-order valence-corrected chi connectivity index (χ4v) is 3.72. The van der Waals surface area contributed by atoms with Crippen LogP contribution in [0.15, 0.2) is 82.0 Å². The first-order valence-electron chi connectivity index (χ1n) is 10.6. The molecule has 0 saturated heterocycles. The number of nitrogens with two attached hydrogens (primary N) is 1. The maximum absolute atomic E-state index is 12.8. The maximum Gasteiger partial charge on any atom is 0.338 e. The number of rotatable bonds is 7. The van der Waals surface area contributed by atoms with E-state index >= 15 is 0 Å². The van der Waals surface area contributed by atoms with Crippen LogP contribution in [0.3, 0.4) is 0 Å². The SMILES string of the molecule is COc1ccc(N(C)c2cc(=O)oc3ccccc23)cc1NC(=O)[C@@H](N)Cc1ccc(O)cc1. The molecule has 8 heteroatoms. The number of nitrogens with one attached hydrogen (secondary N) is 1. The molecule has 174 valence electrons. The molecule has 0 fully saturated rings. The fraction of sp³-hybridized carbons (Fsp3) is 0.154. The Balaban J connectivity index is 1.60. The van der Waals surface area contributed by atoms with E-state index in [-0.39, 0.29) is 11.7 Å². The lowest BCUT2D eigenvalue weighted by Crippen LogP contribution is -2.37. The van der Waals surface area contributed by atoms with Crippen molar-refractivity contribution in [1.29, 1.82) is 0 Å². The second-order valence-electron chi connectivity index (χ2n) is 7.86. The predicted molar refractivity (Wildman–Crippen MR) is 132 cm³/mol. The molecule has 0 radical (unpaired) electrons. The number of methoxy groups -OCH3 is 1. The lowest BCUT2D eigenvalue weighted by Gasteiger charge is -2.22. The van der Waals surface area contributed by atoms with Gasteiger partial charge in [0.05, 0.1) is 24.5 Å². The first-order valence-corrected chi connectivity index (χ1v) is 10.6. The Labute approximate surface area is 196 Å². The summed E-state index contributed by atoms with van der Waals surface area (Å²) < 4.78 is 10.7. The number of phenols is 1. The van der Waals surface area contributed by atoms with Gasteiger partial charge in [-0.2, -0.15) is 0 Å². The van der Waals surface area contributed by atoms with Gasteiger partial charge >= 0.3 is 5.63 Å². The smallest absolute Gasteiger partial charge is 0.338 e. The zero-order chi connectivity index (χ0) is 24.2. The molecule has 1 amide bonds. The highest BCUT2D eigenvalue weighted by atomic mass is 16.5. The second kappa shape index (κ2) is 9.68. The molecule has 1 aromatic heterocycles. The summed E-state index contributed by atoms with van der Waals surface area (Å²) in [5.41, 5.74) is 8.82. The Hall–Kier alpha value is -4.30. The maximum atomic E-state index is 12.8.